The van der Waals surface area contributed by atoms with Crippen molar-refractivity contribution >= 4 is 22.4 Å². The number of nitrogens with zero attached hydrogens (tertiary/aromatic N) is 1. The molecule has 1 unspecified atom stereocenters. The molecule has 2 aromatic rings. The third kappa shape index (κ3) is 4.30. The van der Waals surface area contributed by atoms with Crippen LogP contribution in [0, 0.1) is 5.92 Å². The van der Waals surface area contributed by atoms with E-state index >= 15 is 0 Å². The van der Waals surface area contributed by atoms with E-state index in [-0.39, 0.29) is 31.4 Å². The number of carbonyl (C=O) groups is 1. The van der Waals surface area contributed by atoms with Gasteiger partial charge in [0.1, 0.15) is 0 Å². The van der Waals surface area contributed by atoms with E-state index < -0.39 is 12.1 Å². The number of allylic oxidation sites excluding steroid dienone is 2. The van der Waals surface area contributed by atoms with Gasteiger partial charge in [0.15, 0.2) is 0 Å². The summed E-state index contributed by atoms with van der Waals surface area (Å²) in [4.78, 5) is 16.6. The van der Waals surface area contributed by atoms with Crippen LogP contribution in [-0.2, 0) is 0 Å². The zero-order valence-corrected chi connectivity index (χ0v) is 14.9. The van der Waals surface area contributed by atoms with Crippen molar-refractivity contribution in [3.05, 3.63) is 47.7 Å². The summed E-state index contributed by atoms with van der Waals surface area (Å²) in [6.07, 6.45) is -0.650. The van der Waals surface area contributed by atoms with Crippen LogP contribution in [0.3, 0.4) is 0 Å². The number of aliphatic hydroxyl groups excluding tert-OH is 1. The number of hydrogen-bond donors (Lipinski definition) is 2. The summed E-state index contributed by atoms with van der Waals surface area (Å²) in [5.74, 6) is -1.62. The first kappa shape index (κ1) is 19.4. The van der Waals surface area contributed by atoms with Crippen LogP contribution in [-0.4, -0.2) is 34.8 Å². The molecule has 0 spiro atoms. The molecule has 144 valence electrons. The predicted molar refractivity (Wildman–Crippen MR) is 97.1 cm³/mol. The second-order valence-electron chi connectivity index (χ2n) is 6.90. The second-order valence-corrected chi connectivity index (χ2v) is 6.90. The fraction of sp³-hybridized carbons (Fsp3) is 0.400. The molecule has 1 aliphatic rings. The van der Waals surface area contributed by atoms with Crippen molar-refractivity contribution in [1.82, 2.24) is 10.3 Å². The maximum absolute atomic E-state index is 12.9. The molecule has 1 heterocycles. The number of carbonyl (C=O) groups excluding carboxylic acids is 1. The number of halogens is 3. The van der Waals surface area contributed by atoms with Gasteiger partial charge >= 0.3 is 6.18 Å². The number of amides is 1. The highest BCUT2D eigenvalue weighted by Crippen LogP contribution is 2.40. The van der Waals surface area contributed by atoms with E-state index in [0.29, 0.717) is 17.5 Å². The lowest BCUT2D eigenvalue weighted by Crippen LogP contribution is -2.35. The van der Waals surface area contributed by atoms with Crippen molar-refractivity contribution in [2.45, 2.75) is 38.4 Å². The summed E-state index contributed by atoms with van der Waals surface area (Å²) in [5, 5.41) is 12.5. The molecule has 0 fully saturated rings. The average molecular weight is 378 g/mol. The first-order valence-electron chi connectivity index (χ1n) is 8.86. The lowest BCUT2D eigenvalue weighted by Gasteiger charge is -2.24. The topological polar surface area (TPSA) is 62.2 Å². The molecule has 1 aromatic heterocycles. The van der Waals surface area contributed by atoms with Gasteiger partial charge in [0.05, 0.1) is 23.6 Å². The van der Waals surface area contributed by atoms with Gasteiger partial charge in [0.25, 0.3) is 5.91 Å². The van der Waals surface area contributed by atoms with Gasteiger partial charge in [0.2, 0.25) is 0 Å². The first-order valence-corrected chi connectivity index (χ1v) is 8.86. The summed E-state index contributed by atoms with van der Waals surface area (Å²) < 4.78 is 38.6. The summed E-state index contributed by atoms with van der Waals surface area (Å²) >= 11 is 0. The lowest BCUT2D eigenvalue weighted by atomic mass is 9.85. The highest BCUT2D eigenvalue weighted by atomic mass is 19.4. The molecule has 1 aromatic carbocycles. The molecule has 27 heavy (non-hydrogen) atoms. The molecule has 1 amide bonds. The monoisotopic (exact) mass is 378 g/mol. The number of aliphatic hydroxyl groups is 1. The Kier molecular flexibility index (Phi) is 5.51. The number of pyridine rings is 1. The van der Waals surface area contributed by atoms with Crippen molar-refractivity contribution in [2.75, 3.05) is 6.61 Å². The molecule has 0 saturated heterocycles. The summed E-state index contributed by atoms with van der Waals surface area (Å²) in [5.41, 5.74) is 2.71. The molecule has 0 aliphatic heterocycles. The summed E-state index contributed by atoms with van der Waals surface area (Å²) in [7, 11) is 0. The molecule has 3 rings (SSSR count). The second kappa shape index (κ2) is 7.68. The van der Waals surface area contributed by atoms with Crippen LogP contribution in [0.1, 0.15) is 42.1 Å². The molecular formula is C20H21F3N2O2. The van der Waals surface area contributed by atoms with E-state index in [1.54, 1.807) is 19.1 Å². The van der Waals surface area contributed by atoms with Gasteiger partial charge in [-0.2, -0.15) is 13.2 Å². The number of fused-ring (bicyclic) bond motifs is 1. The molecule has 0 bridgehead atoms. The van der Waals surface area contributed by atoms with Gasteiger partial charge in [0, 0.05) is 23.2 Å². The van der Waals surface area contributed by atoms with Crippen molar-refractivity contribution in [1.29, 1.82) is 0 Å². The Morgan fingerprint density at radius 2 is 2.19 bits per heavy atom. The van der Waals surface area contributed by atoms with Crippen molar-refractivity contribution in [3.8, 4) is 0 Å². The highest BCUT2D eigenvalue weighted by Gasteiger charge is 2.39. The van der Waals surface area contributed by atoms with Crippen LogP contribution in [0.4, 0.5) is 13.2 Å². The third-order valence-electron chi connectivity index (χ3n) is 4.84. The summed E-state index contributed by atoms with van der Waals surface area (Å²) in [6.45, 7) is 1.53. The van der Waals surface area contributed by atoms with Crippen LogP contribution in [0.25, 0.3) is 16.5 Å². The number of para-hydroxylation sites is 1. The fourth-order valence-corrected chi connectivity index (χ4v) is 3.27. The van der Waals surface area contributed by atoms with Gasteiger partial charge in [-0.15, -0.1) is 0 Å². The number of alkyl halides is 3. The number of hydrogen-bond acceptors (Lipinski definition) is 3. The zero-order chi connectivity index (χ0) is 19.6. The predicted octanol–water partition coefficient (Wildman–Crippen LogP) is 4.09. The molecule has 2 N–H and O–H groups in total. The highest BCUT2D eigenvalue weighted by molar-refractivity contribution is 5.99. The number of rotatable bonds is 4. The van der Waals surface area contributed by atoms with Crippen molar-refractivity contribution in [3.63, 3.8) is 0 Å². The smallest absolute Gasteiger partial charge is 0.392 e. The molecule has 7 heteroatoms. The Bertz CT molecular complexity index is 877. The first-order chi connectivity index (χ1) is 12.8. The molecule has 2 atom stereocenters. The van der Waals surface area contributed by atoms with Gasteiger partial charge in [-0.05, 0) is 37.8 Å². The van der Waals surface area contributed by atoms with Crippen molar-refractivity contribution < 1.29 is 23.1 Å². The van der Waals surface area contributed by atoms with E-state index in [1.807, 2.05) is 18.2 Å². The Morgan fingerprint density at radius 3 is 2.81 bits per heavy atom. The molecule has 4 nitrogen and oxygen atoms in total. The maximum atomic E-state index is 12.9. The van der Waals surface area contributed by atoms with Crippen LogP contribution in [0.5, 0.6) is 0 Å². The quantitative estimate of drug-likeness (QED) is 0.842. The molecule has 0 radical (unpaired) electrons. The van der Waals surface area contributed by atoms with Crippen LogP contribution in [0.2, 0.25) is 0 Å². The SMILES string of the molecule is C[C@@H](CO)NC(=O)c1cnc2c(C3=CCC(C(F)(F)F)CC3)cccc2c1. The van der Waals surface area contributed by atoms with Crippen LogP contribution in [0.15, 0.2) is 36.5 Å². The Hall–Kier alpha value is -2.41. The lowest BCUT2D eigenvalue weighted by molar-refractivity contribution is -0.175. The summed E-state index contributed by atoms with van der Waals surface area (Å²) in [6, 6.07) is 6.82. The van der Waals surface area contributed by atoms with E-state index in [9.17, 15) is 18.0 Å². The Balaban J connectivity index is 1.88. The van der Waals surface area contributed by atoms with E-state index in [1.165, 1.54) is 6.20 Å². The number of nitrogens with one attached hydrogen (secondary N) is 1. The van der Waals surface area contributed by atoms with Crippen LogP contribution >= 0.6 is 0 Å². The van der Waals surface area contributed by atoms with Crippen LogP contribution < -0.4 is 5.32 Å². The van der Waals surface area contributed by atoms with Gasteiger partial charge in [-0.25, -0.2) is 0 Å². The third-order valence-corrected chi connectivity index (χ3v) is 4.84. The number of aromatic nitrogens is 1. The van der Waals surface area contributed by atoms with Gasteiger partial charge in [-0.3, -0.25) is 9.78 Å². The Labute approximate surface area is 155 Å². The van der Waals surface area contributed by atoms with E-state index in [0.717, 1.165) is 16.5 Å². The normalized spacial score (nSPS) is 18.9. The fourth-order valence-electron chi connectivity index (χ4n) is 3.27. The standard InChI is InChI=1S/C20H21F3N2O2/c1-12(11-26)25-19(27)15-9-14-3-2-4-17(18(14)24-10-15)13-5-7-16(8-6-13)20(21,22)23/h2-5,9-10,12,16,26H,6-8,11H2,1H3,(H,25,27)/t12-,16?/m0/s1. The minimum absolute atomic E-state index is 0.0191. The largest absolute Gasteiger partial charge is 0.394 e. The number of benzene rings is 1. The van der Waals surface area contributed by atoms with Gasteiger partial charge in [-0.1, -0.05) is 24.3 Å². The maximum Gasteiger partial charge on any atom is 0.392 e. The zero-order valence-electron chi connectivity index (χ0n) is 14.9. The minimum atomic E-state index is -4.16. The average Bonchev–Trinajstić information content (AvgIpc) is 2.66. The van der Waals surface area contributed by atoms with E-state index in [4.69, 9.17) is 5.11 Å². The molecule has 1 aliphatic carbocycles. The molecule has 0 saturated carbocycles. The van der Waals surface area contributed by atoms with Gasteiger partial charge < -0.3 is 10.4 Å². The van der Waals surface area contributed by atoms with Crippen molar-refractivity contribution in [2.24, 2.45) is 5.92 Å². The van der Waals surface area contributed by atoms with E-state index in [2.05, 4.69) is 10.3 Å². The minimum Gasteiger partial charge on any atom is -0.394 e. The molecular weight excluding hydrogens is 357 g/mol. The Morgan fingerprint density at radius 1 is 1.41 bits per heavy atom.